The number of aryl methyl sites for hydroxylation is 1. The van der Waals surface area contributed by atoms with Gasteiger partial charge in [0.2, 0.25) is 0 Å². The van der Waals surface area contributed by atoms with Gasteiger partial charge in [0.05, 0.1) is 0 Å². The fourth-order valence-electron chi connectivity index (χ4n) is 0.788. The second-order valence-electron chi connectivity index (χ2n) is 2.09. The van der Waals surface area contributed by atoms with E-state index in [1.54, 1.807) is 12.1 Å². The molecule has 0 bridgehead atoms. The van der Waals surface area contributed by atoms with Crippen molar-refractivity contribution in [3.05, 3.63) is 28.0 Å². The fraction of sp³-hybridized carbons (Fsp3) is 0.286. The summed E-state index contributed by atoms with van der Waals surface area (Å²) in [5.74, 6) is 0.788. The molecule has 0 aliphatic heterocycles. The van der Waals surface area contributed by atoms with Gasteiger partial charge < -0.3 is 0 Å². The molecule has 0 fully saturated rings. The van der Waals surface area contributed by atoms with Crippen LogP contribution in [0.25, 0.3) is 0 Å². The largest absolute Gasteiger partial charge is 0.224 e. The summed E-state index contributed by atoms with van der Waals surface area (Å²) in [6, 6.07) is 3.59. The van der Waals surface area contributed by atoms with Crippen LogP contribution in [0.3, 0.4) is 0 Å². The Hall–Kier alpha value is 0.0800. The van der Waals surface area contributed by atoms with Crippen LogP contribution in [0.4, 0.5) is 0 Å². The quantitative estimate of drug-likeness (QED) is 0.582. The van der Waals surface area contributed by atoms with Crippen LogP contribution in [0.2, 0.25) is 10.3 Å². The first-order valence-electron chi connectivity index (χ1n) is 3.15. The zero-order valence-corrected chi connectivity index (χ0v) is 8.13. The van der Waals surface area contributed by atoms with Crippen molar-refractivity contribution in [2.75, 3.05) is 5.75 Å². The highest BCUT2D eigenvalue weighted by Crippen LogP contribution is 2.14. The van der Waals surface area contributed by atoms with E-state index >= 15 is 0 Å². The molecule has 11 heavy (non-hydrogen) atoms. The lowest BCUT2D eigenvalue weighted by atomic mass is 10.2. The highest BCUT2D eigenvalue weighted by molar-refractivity contribution is 7.80. The molecular weight excluding hydrogens is 201 g/mol. The summed E-state index contributed by atoms with van der Waals surface area (Å²) in [5, 5.41) is 0.878. The molecule has 0 saturated carbocycles. The molecule has 0 atom stereocenters. The van der Waals surface area contributed by atoms with E-state index in [1.807, 2.05) is 0 Å². The van der Waals surface area contributed by atoms with Crippen molar-refractivity contribution < 1.29 is 0 Å². The van der Waals surface area contributed by atoms with Crippen molar-refractivity contribution in [2.24, 2.45) is 0 Å². The summed E-state index contributed by atoms with van der Waals surface area (Å²) in [7, 11) is 0. The SMILES string of the molecule is SCCc1cc(Cl)nc(Cl)c1. The van der Waals surface area contributed by atoms with Crippen molar-refractivity contribution in [1.29, 1.82) is 0 Å². The normalized spacial score (nSPS) is 10.1. The number of halogens is 2. The van der Waals surface area contributed by atoms with Gasteiger partial charge in [-0.05, 0) is 29.9 Å². The van der Waals surface area contributed by atoms with Gasteiger partial charge in [-0.3, -0.25) is 0 Å². The molecule has 0 radical (unpaired) electrons. The van der Waals surface area contributed by atoms with Crippen LogP contribution in [-0.4, -0.2) is 10.7 Å². The molecule has 1 rings (SSSR count). The summed E-state index contributed by atoms with van der Waals surface area (Å²) in [4.78, 5) is 3.82. The average Bonchev–Trinajstić information content (AvgIpc) is 1.85. The van der Waals surface area contributed by atoms with E-state index < -0.39 is 0 Å². The Morgan fingerprint density at radius 3 is 2.27 bits per heavy atom. The van der Waals surface area contributed by atoms with E-state index in [-0.39, 0.29) is 0 Å². The number of hydrogen-bond donors (Lipinski definition) is 1. The summed E-state index contributed by atoms with van der Waals surface area (Å²) < 4.78 is 0. The number of thiol groups is 1. The molecule has 0 unspecified atom stereocenters. The van der Waals surface area contributed by atoms with Crippen LogP contribution in [0.5, 0.6) is 0 Å². The van der Waals surface area contributed by atoms with E-state index in [0.717, 1.165) is 17.7 Å². The average molecular weight is 208 g/mol. The third-order valence-electron chi connectivity index (χ3n) is 1.22. The molecule has 0 spiro atoms. The minimum absolute atomic E-state index is 0.439. The van der Waals surface area contributed by atoms with E-state index in [9.17, 15) is 0 Å². The standard InChI is InChI=1S/C7H7Cl2NS/c8-6-3-5(1-2-11)4-7(9)10-6/h3-4,11H,1-2H2. The van der Waals surface area contributed by atoms with Gasteiger partial charge in [0.25, 0.3) is 0 Å². The molecule has 4 heteroatoms. The summed E-state index contributed by atoms with van der Waals surface area (Å²) >= 11 is 15.4. The van der Waals surface area contributed by atoms with Crippen LogP contribution in [0, 0.1) is 0 Å². The Morgan fingerprint density at radius 2 is 1.82 bits per heavy atom. The second kappa shape index (κ2) is 4.19. The van der Waals surface area contributed by atoms with Gasteiger partial charge in [-0.1, -0.05) is 23.2 Å². The van der Waals surface area contributed by atoms with Gasteiger partial charge in [-0.2, -0.15) is 12.6 Å². The minimum Gasteiger partial charge on any atom is -0.224 e. The Balaban J connectivity index is 2.89. The van der Waals surface area contributed by atoms with Crippen molar-refractivity contribution >= 4 is 35.8 Å². The monoisotopic (exact) mass is 207 g/mol. The molecule has 0 N–H and O–H groups in total. The lowest BCUT2D eigenvalue weighted by Crippen LogP contribution is -1.87. The number of nitrogens with zero attached hydrogens (tertiary/aromatic N) is 1. The predicted molar refractivity (Wildman–Crippen MR) is 51.8 cm³/mol. The van der Waals surface area contributed by atoms with Gasteiger partial charge in [0.15, 0.2) is 0 Å². The first kappa shape index (κ1) is 9.17. The summed E-state index contributed by atoms with van der Waals surface area (Å²) in [6.45, 7) is 0. The zero-order chi connectivity index (χ0) is 8.27. The Morgan fingerprint density at radius 1 is 1.27 bits per heavy atom. The zero-order valence-electron chi connectivity index (χ0n) is 5.72. The van der Waals surface area contributed by atoms with E-state index in [2.05, 4.69) is 17.6 Å². The molecule has 0 aliphatic rings. The Kier molecular flexibility index (Phi) is 3.49. The van der Waals surface area contributed by atoms with E-state index in [0.29, 0.717) is 10.3 Å². The van der Waals surface area contributed by atoms with Gasteiger partial charge in [0.1, 0.15) is 10.3 Å². The molecule has 0 amide bonds. The third kappa shape index (κ3) is 2.89. The highest BCUT2D eigenvalue weighted by atomic mass is 35.5. The Bertz CT molecular complexity index is 232. The molecule has 0 saturated heterocycles. The topological polar surface area (TPSA) is 12.9 Å². The van der Waals surface area contributed by atoms with Crippen LogP contribution in [0.15, 0.2) is 12.1 Å². The Labute approximate surface area is 81.1 Å². The van der Waals surface area contributed by atoms with Gasteiger partial charge in [0, 0.05) is 0 Å². The molecule has 0 aromatic carbocycles. The van der Waals surface area contributed by atoms with Gasteiger partial charge in [-0.25, -0.2) is 4.98 Å². The molecule has 1 aromatic rings. The molecule has 1 aromatic heterocycles. The summed E-state index contributed by atoms with van der Waals surface area (Å²) in [5.41, 5.74) is 1.07. The maximum absolute atomic E-state index is 5.67. The molecule has 1 nitrogen and oxygen atoms in total. The maximum atomic E-state index is 5.67. The van der Waals surface area contributed by atoms with Crippen molar-refractivity contribution in [2.45, 2.75) is 6.42 Å². The molecular formula is C7H7Cl2NS. The van der Waals surface area contributed by atoms with Crippen LogP contribution < -0.4 is 0 Å². The van der Waals surface area contributed by atoms with Crippen molar-refractivity contribution in [1.82, 2.24) is 4.98 Å². The lowest BCUT2D eigenvalue weighted by Gasteiger charge is -1.98. The number of rotatable bonds is 2. The number of aromatic nitrogens is 1. The first-order valence-corrected chi connectivity index (χ1v) is 4.54. The molecule has 0 aliphatic carbocycles. The van der Waals surface area contributed by atoms with E-state index in [1.165, 1.54) is 0 Å². The van der Waals surface area contributed by atoms with Crippen molar-refractivity contribution in [3.63, 3.8) is 0 Å². The minimum atomic E-state index is 0.439. The van der Waals surface area contributed by atoms with Crippen molar-refractivity contribution in [3.8, 4) is 0 Å². The van der Waals surface area contributed by atoms with Crippen LogP contribution >= 0.6 is 35.8 Å². The molecule has 1 heterocycles. The molecule has 60 valence electrons. The smallest absolute Gasteiger partial charge is 0.131 e. The van der Waals surface area contributed by atoms with Crippen LogP contribution in [0.1, 0.15) is 5.56 Å². The summed E-state index contributed by atoms with van der Waals surface area (Å²) in [6.07, 6.45) is 0.866. The second-order valence-corrected chi connectivity index (χ2v) is 3.32. The number of hydrogen-bond acceptors (Lipinski definition) is 2. The number of pyridine rings is 1. The third-order valence-corrected chi connectivity index (χ3v) is 1.83. The maximum Gasteiger partial charge on any atom is 0.131 e. The fourth-order valence-corrected chi connectivity index (χ4v) is 1.55. The lowest BCUT2D eigenvalue weighted by molar-refractivity contribution is 1.14. The van der Waals surface area contributed by atoms with Crippen LogP contribution in [-0.2, 0) is 6.42 Å². The van der Waals surface area contributed by atoms with Gasteiger partial charge in [-0.15, -0.1) is 0 Å². The predicted octanol–water partition coefficient (Wildman–Crippen LogP) is 2.86. The highest BCUT2D eigenvalue weighted by Gasteiger charge is 1.97. The van der Waals surface area contributed by atoms with Gasteiger partial charge >= 0.3 is 0 Å². The van der Waals surface area contributed by atoms with E-state index in [4.69, 9.17) is 23.2 Å². The first-order chi connectivity index (χ1) is 5.22.